The number of para-hydroxylation sites is 1. The summed E-state index contributed by atoms with van der Waals surface area (Å²) in [5.41, 5.74) is 5.66. The van der Waals surface area contributed by atoms with E-state index in [4.69, 9.17) is 9.72 Å². The maximum atomic E-state index is 6.06. The van der Waals surface area contributed by atoms with Gasteiger partial charge in [0.15, 0.2) is 0 Å². The number of nitrogens with one attached hydrogen (secondary N) is 1. The van der Waals surface area contributed by atoms with E-state index in [9.17, 15) is 0 Å². The monoisotopic (exact) mass is 336 g/mol. The van der Waals surface area contributed by atoms with E-state index < -0.39 is 0 Å². The van der Waals surface area contributed by atoms with Crippen molar-refractivity contribution >= 4 is 11.0 Å². The zero-order valence-corrected chi connectivity index (χ0v) is 15.6. The van der Waals surface area contributed by atoms with Crippen LogP contribution < -0.4 is 4.74 Å². The molecular weight excluding hydrogens is 308 g/mol. The molecule has 3 rings (SSSR count). The summed E-state index contributed by atoms with van der Waals surface area (Å²) in [5.74, 6) is 1.78. The van der Waals surface area contributed by atoms with Gasteiger partial charge in [-0.1, -0.05) is 44.7 Å². The van der Waals surface area contributed by atoms with Crippen molar-refractivity contribution in [3.63, 3.8) is 0 Å². The van der Waals surface area contributed by atoms with Crippen LogP contribution in [0.3, 0.4) is 0 Å². The molecule has 1 aromatic heterocycles. The van der Waals surface area contributed by atoms with Gasteiger partial charge in [-0.05, 0) is 55.7 Å². The lowest BCUT2D eigenvalue weighted by Crippen LogP contribution is -1.99. The van der Waals surface area contributed by atoms with Crippen LogP contribution in [-0.4, -0.2) is 16.6 Å². The van der Waals surface area contributed by atoms with E-state index in [2.05, 4.69) is 44.0 Å². The molecule has 3 heteroatoms. The molecule has 25 heavy (non-hydrogen) atoms. The molecule has 132 valence electrons. The number of aryl methyl sites for hydroxylation is 2. The number of aromatic amines is 1. The number of H-pyrrole nitrogens is 1. The Hall–Kier alpha value is -2.29. The third-order valence-electron chi connectivity index (χ3n) is 4.74. The van der Waals surface area contributed by atoms with E-state index in [1.54, 1.807) is 0 Å². The summed E-state index contributed by atoms with van der Waals surface area (Å²) in [7, 11) is 0. The van der Waals surface area contributed by atoms with E-state index in [1.807, 2.05) is 18.2 Å². The summed E-state index contributed by atoms with van der Waals surface area (Å²) < 4.78 is 6.06. The highest BCUT2D eigenvalue weighted by atomic mass is 16.5. The van der Waals surface area contributed by atoms with Gasteiger partial charge in [-0.25, -0.2) is 4.98 Å². The summed E-state index contributed by atoms with van der Waals surface area (Å²) in [6.07, 6.45) is 6.22. The third kappa shape index (κ3) is 4.22. The maximum Gasteiger partial charge on any atom is 0.142 e. The van der Waals surface area contributed by atoms with Gasteiger partial charge in [-0.3, -0.25) is 0 Å². The quantitative estimate of drug-likeness (QED) is 0.498. The number of nitrogens with zero attached hydrogens (tertiary/aromatic N) is 1. The van der Waals surface area contributed by atoms with Crippen LogP contribution in [0.25, 0.3) is 22.4 Å². The van der Waals surface area contributed by atoms with Gasteiger partial charge in [-0.15, -0.1) is 0 Å². The van der Waals surface area contributed by atoms with Gasteiger partial charge < -0.3 is 9.72 Å². The summed E-state index contributed by atoms with van der Waals surface area (Å²) in [6.45, 7) is 7.26. The summed E-state index contributed by atoms with van der Waals surface area (Å²) in [6, 6.07) is 12.5. The Kier molecular flexibility index (Phi) is 5.75. The van der Waals surface area contributed by atoms with Gasteiger partial charge >= 0.3 is 0 Å². The number of aromatic nitrogens is 2. The van der Waals surface area contributed by atoms with Crippen LogP contribution in [0.4, 0.5) is 0 Å². The molecule has 0 saturated heterocycles. The first-order chi connectivity index (χ1) is 12.2. The number of unbranched alkanes of at least 4 members (excludes halogenated alkanes) is 4. The number of hydrogen-bond acceptors (Lipinski definition) is 2. The summed E-state index contributed by atoms with van der Waals surface area (Å²) in [4.78, 5) is 8.23. The number of hydrogen-bond donors (Lipinski definition) is 1. The zero-order valence-electron chi connectivity index (χ0n) is 15.6. The van der Waals surface area contributed by atoms with Gasteiger partial charge in [0, 0.05) is 0 Å². The predicted molar refractivity (Wildman–Crippen MR) is 105 cm³/mol. The highest BCUT2D eigenvalue weighted by molar-refractivity contribution is 5.82. The minimum Gasteiger partial charge on any atom is -0.493 e. The lowest BCUT2D eigenvalue weighted by molar-refractivity contribution is 0.305. The number of imidazole rings is 1. The second kappa shape index (κ2) is 8.19. The molecule has 0 radical (unpaired) electrons. The van der Waals surface area contributed by atoms with E-state index in [1.165, 1.54) is 36.8 Å². The minimum absolute atomic E-state index is 0.763. The molecule has 0 aliphatic heterocycles. The van der Waals surface area contributed by atoms with Crippen LogP contribution in [0.2, 0.25) is 0 Å². The van der Waals surface area contributed by atoms with Crippen molar-refractivity contribution in [2.45, 2.75) is 52.9 Å². The first-order valence-electron chi connectivity index (χ1n) is 9.38. The highest BCUT2D eigenvalue weighted by Crippen LogP contribution is 2.30. The lowest BCUT2D eigenvalue weighted by atomic mass is 10.1. The predicted octanol–water partition coefficient (Wildman–Crippen LogP) is 6.20. The molecule has 1 N–H and O–H groups in total. The Bertz CT molecular complexity index is 796. The number of fused-ring (bicyclic) bond motifs is 1. The van der Waals surface area contributed by atoms with Crippen LogP contribution in [0.1, 0.15) is 50.2 Å². The fraction of sp³-hybridized carbons (Fsp3) is 0.409. The first kappa shape index (κ1) is 17.5. The van der Waals surface area contributed by atoms with Crippen molar-refractivity contribution in [1.82, 2.24) is 9.97 Å². The molecule has 0 aliphatic carbocycles. The standard InChI is InChI=1S/C22H28N2O/c1-4-5-6-7-10-13-25-21-12-9-8-11-18(21)22-23-19-14-16(2)17(3)15-20(19)24-22/h8-9,11-12,14-15H,4-7,10,13H2,1-3H3,(H,23,24). The second-order valence-electron chi connectivity index (χ2n) is 6.80. The van der Waals surface area contributed by atoms with Gasteiger partial charge in [0.2, 0.25) is 0 Å². The van der Waals surface area contributed by atoms with Crippen molar-refractivity contribution < 1.29 is 4.74 Å². The SMILES string of the molecule is CCCCCCCOc1ccccc1-c1nc2cc(C)c(C)cc2[nH]1. The van der Waals surface area contributed by atoms with Crippen molar-refractivity contribution in [3.8, 4) is 17.1 Å². The van der Waals surface area contributed by atoms with Crippen molar-refractivity contribution in [1.29, 1.82) is 0 Å². The molecule has 1 heterocycles. The molecule has 3 aromatic rings. The second-order valence-corrected chi connectivity index (χ2v) is 6.80. The zero-order chi connectivity index (χ0) is 17.6. The Morgan fingerprint density at radius 2 is 1.72 bits per heavy atom. The smallest absolute Gasteiger partial charge is 0.142 e. The van der Waals surface area contributed by atoms with Gasteiger partial charge in [0.1, 0.15) is 11.6 Å². The van der Waals surface area contributed by atoms with Crippen LogP contribution in [0.15, 0.2) is 36.4 Å². The molecule has 0 amide bonds. The van der Waals surface area contributed by atoms with Crippen LogP contribution in [-0.2, 0) is 0 Å². The molecule has 2 aromatic carbocycles. The Labute approximate surface area is 150 Å². The van der Waals surface area contributed by atoms with Crippen LogP contribution >= 0.6 is 0 Å². The van der Waals surface area contributed by atoms with Crippen molar-refractivity contribution in [2.24, 2.45) is 0 Å². The molecule has 0 unspecified atom stereocenters. The Morgan fingerprint density at radius 3 is 2.56 bits per heavy atom. The molecule has 3 nitrogen and oxygen atoms in total. The highest BCUT2D eigenvalue weighted by Gasteiger charge is 2.11. The average molecular weight is 336 g/mol. The third-order valence-corrected chi connectivity index (χ3v) is 4.74. The van der Waals surface area contributed by atoms with Crippen molar-refractivity contribution in [2.75, 3.05) is 6.61 Å². The van der Waals surface area contributed by atoms with Crippen LogP contribution in [0.5, 0.6) is 5.75 Å². The molecule has 0 atom stereocenters. The Morgan fingerprint density at radius 1 is 0.960 bits per heavy atom. The molecule has 0 saturated carbocycles. The minimum atomic E-state index is 0.763. The fourth-order valence-electron chi connectivity index (χ4n) is 3.07. The molecule has 0 aliphatic rings. The maximum absolute atomic E-state index is 6.06. The molecule has 0 bridgehead atoms. The van der Waals surface area contributed by atoms with Crippen molar-refractivity contribution in [3.05, 3.63) is 47.5 Å². The van der Waals surface area contributed by atoms with Gasteiger partial charge in [0.05, 0.1) is 23.2 Å². The Balaban J connectivity index is 1.76. The van der Waals surface area contributed by atoms with E-state index in [-0.39, 0.29) is 0 Å². The van der Waals surface area contributed by atoms with E-state index in [0.29, 0.717) is 0 Å². The number of ether oxygens (including phenoxy) is 1. The molecule has 0 fully saturated rings. The fourth-order valence-corrected chi connectivity index (χ4v) is 3.07. The van der Waals surface area contributed by atoms with Gasteiger partial charge in [-0.2, -0.15) is 0 Å². The first-order valence-corrected chi connectivity index (χ1v) is 9.38. The summed E-state index contributed by atoms with van der Waals surface area (Å²) >= 11 is 0. The largest absolute Gasteiger partial charge is 0.493 e. The lowest BCUT2D eigenvalue weighted by Gasteiger charge is -2.09. The number of benzene rings is 2. The van der Waals surface area contributed by atoms with Gasteiger partial charge in [0.25, 0.3) is 0 Å². The molecular formula is C22H28N2O. The molecule has 0 spiro atoms. The normalized spacial score (nSPS) is 11.2. The number of rotatable bonds is 8. The topological polar surface area (TPSA) is 37.9 Å². The summed E-state index contributed by atoms with van der Waals surface area (Å²) in [5, 5.41) is 0. The van der Waals surface area contributed by atoms with E-state index in [0.717, 1.165) is 41.2 Å². The van der Waals surface area contributed by atoms with E-state index >= 15 is 0 Å². The van der Waals surface area contributed by atoms with Crippen LogP contribution in [0, 0.1) is 13.8 Å². The average Bonchev–Trinajstić information content (AvgIpc) is 3.01.